The highest BCUT2D eigenvalue weighted by Gasteiger charge is 2.62. The minimum atomic E-state index is -5.51. The average Bonchev–Trinajstić information content (AvgIpc) is 2.18. The van der Waals surface area contributed by atoms with E-state index in [4.69, 9.17) is 0 Å². The summed E-state index contributed by atoms with van der Waals surface area (Å²) in [6.45, 7) is 2.99. The lowest BCUT2D eigenvalue weighted by molar-refractivity contribution is -0.353. The van der Waals surface area contributed by atoms with Crippen LogP contribution in [0.2, 0.25) is 0 Å². The van der Waals surface area contributed by atoms with Gasteiger partial charge < -0.3 is 9.84 Å². The number of hydrogen-bond donors (Lipinski definition) is 1. The lowest BCUT2D eigenvalue weighted by Crippen LogP contribution is -2.60. The van der Waals surface area contributed by atoms with Crippen molar-refractivity contribution in [3.63, 3.8) is 0 Å². The van der Waals surface area contributed by atoms with Crippen LogP contribution in [-0.4, -0.2) is 35.8 Å². The topological polar surface area (TPSA) is 29.5 Å². The Kier molecular flexibility index (Phi) is 3.94. The van der Waals surface area contributed by atoms with Gasteiger partial charge in [-0.1, -0.05) is 13.8 Å². The van der Waals surface area contributed by atoms with Crippen molar-refractivity contribution in [3.8, 4) is 0 Å². The number of ether oxygens (including phenoxy) is 1. The molecule has 3 atom stereocenters. The first-order valence-corrected chi connectivity index (χ1v) is 5.40. The monoisotopic (exact) mass is 280 g/mol. The lowest BCUT2D eigenvalue weighted by atomic mass is 9.63. The summed E-state index contributed by atoms with van der Waals surface area (Å²) in [5.74, 6) is 0. The smallest absolute Gasteiger partial charge is 0.392 e. The van der Waals surface area contributed by atoms with Crippen LogP contribution in [0.5, 0.6) is 0 Å². The molecule has 0 spiro atoms. The molecule has 1 rings (SSSR count). The van der Waals surface area contributed by atoms with Crippen LogP contribution in [0.25, 0.3) is 0 Å². The minimum Gasteiger partial charge on any atom is -0.392 e. The van der Waals surface area contributed by atoms with E-state index < -0.39 is 36.1 Å². The number of halogens is 6. The van der Waals surface area contributed by atoms with Gasteiger partial charge >= 0.3 is 12.4 Å². The summed E-state index contributed by atoms with van der Waals surface area (Å²) in [7, 11) is 0. The molecule has 0 aromatic heterocycles. The van der Waals surface area contributed by atoms with Crippen molar-refractivity contribution in [1.29, 1.82) is 0 Å². The maximum atomic E-state index is 12.3. The number of aliphatic hydroxyl groups is 1. The average molecular weight is 280 g/mol. The molecule has 1 aliphatic rings. The van der Waals surface area contributed by atoms with Crippen molar-refractivity contribution in [2.75, 3.05) is 0 Å². The molecule has 1 N–H and O–H groups in total. The summed E-state index contributed by atoms with van der Waals surface area (Å²) in [6.07, 6.45) is -17.0. The molecule has 0 heterocycles. The molecule has 1 aliphatic carbocycles. The quantitative estimate of drug-likeness (QED) is 0.805. The zero-order valence-electron chi connectivity index (χ0n) is 9.77. The molecule has 0 saturated heterocycles. The molecule has 0 aromatic carbocycles. The van der Waals surface area contributed by atoms with E-state index in [1.165, 1.54) is 6.92 Å². The summed E-state index contributed by atoms with van der Waals surface area (Å²) >= 11 is 0. The number of hydrogen-bond acceptors (Lipinski definition) is 2. The van der Waals surface area contributed by atoms with Gasteiger partial charge in [0, 0.05) is 11.8 Å². The van der Waals surface area contributed by atoms with Crippen molar-refractivity contribution < 1.29 is 36.2 Å². The van der Waals surface area contributed by atoms with Crippen LogP contribution in [0.4, 0.5) is 26.3 Å². The molecule has 0 radical (unpaired) electrons. The van der Waals surface area contributed by atoms with Crippen LogP contribution in [0.3, 0.4) is 0 Å². The Morgan fingerprint density at radius 2 is 1.67 bits per heavy atom. The molecule has 3 unspecified atom stereocenters. The Bertz CT molecular complexity index is 286. The van der Waals surface area contributed by atoms with Gasteiger partial charge in [-0.05, 0) is 6.42 Å². The molecule has 0 aliphatic heterocycles. The van der Waals surface area contributed by atoms with Gasteiger partial charge in [0.1, 0.15) is 0 Å². The zero-order valence-corrected chi connectivity index (χ0v) is 9.77. The Morgan fingerprint density at radius 1 is 1.22 bits per heavy atom. The predicted molar refractivity (Wildman–Crippen MR) is 49.8 cm³/mol. The highest BCUT2D eigenvalue weighted by Crippen LogP contribution is 2.48. The molecule has 2 nitrogen and oxygen atoms in total. The maximum Gasteiger partial charge on any atom is 0.423 e. The predicted octanol–water partition coefficient (Wildman–Crippen LogP) is 3.05. The summed E-state index contributed by atoms with van der Waals surface area (Å²) in [6, 6.07) is 0. The number of alkyl halides is 6. The molecular formula is C10H14F6O2. The van der Waals surface area contributed by atoms with Gasteiger partial charge in [-0.2, -0.15) is 26.3 Å². The normalized spacial score (nSPS) is 33.7. The van der Waals surface area contributed by atoms with E-state index in [-0.39, 0.29) is 12.8 Å². The highest BCUT2D eigenvalue weighted by atomic mass is 19.4. The fourth-order valence-corrected chi connectivity index (χ4v) is 1.97. The third kappa shape index (κ3) is 2.74. The van der Waals surface area contributed by atoms with Gasteiger partial charge in [0.05, 0.1) is 12.2 Å². The Hall–Kier alpha value is -0.500. The van der Waals surface area contributed by atoms with Crippen LogP contribution in [0.1, 0.15) is 26.7 Å². The van der Waals surface area contributed by atoms with E-state index in [0.717, 1.165) is 0 Å². The van der Waals surface area contributed by atoms with Crippen molar-refractivity contribution in [2.45, 2.75) is 57.4 Å². The van der Waals surface area contributed by atoms with Crippen LogP contribution >= 0.6 is 0 Å². The SMILES string of the molecule is CCC1(C)C(O)CC1OC(C(F)(F)F)C(F)(F)F. The van der Waals surface area contributed by atoms with Gasteiger partial charge in [-0.15, -0.1) is 0 Å². The highest BCUT2D eigenvalue weighted by molar-refractivity contribution is 5.01. The van der Waals surface area contributed by atoms with Crippen LogP contribution in [-0.2, 0) is 4.74 Å². The maximum absolute atomic E-state index is 12.3. The standard InChI is InChI=1S/C10H14F6O2/c1-3-8(2)5(17)4-6(8)18-7(9(11,12)13)10(14,15)16/h5-7,17H,3-4H2,1-2H3. The molecule has 0 amide bonds. The lowest BCUT2D eigenvalue weighted by Gasteiger charge is -2.51. The first kappa shape index (κ1) is 15.6. The Labute approximate surface area is 99.9 Å². The second-order valence-electron chi connectivity index (χ2n) is 4.70. The second-order valence-corrected chi connectivity index (χ2v) is 4.70. The van der Waals surface area contributed by atoms with Gasteiger partial charge in [-0.25, -0.2) is 0 Å². The first-order valence-electron chi connectivity index (χ1n) is 5.40. The van der Waals surface area contributed by atoms with E-state index in [1.54, 1.807) is 6.92 Å². The second kappa shape index (κ2) is 4.56. The molecule has 0 bridgehead atoms. The van der Waals surface area contributed by atoms with Gasteiger partial charge in [0.2, 0.25) is 6.10 Å². The molecular weight excluding hydrogens is 266 g/mol. The molecule has 8 heteroatoms. The summed E-state index contributed by atoms with van der Waals surface area (Å²) < 4.78 is 77.9. The Morgan fingerprint density at radius 3 is 1.94 bits per heavy atom. The van der Waals surface area contributed by atoms with E-state index >= 15 is 0 Å². The van der Waals surface area contributed by atoms with E-state index in [2.05, 4.69) is 4.74 Å². The van der Waals surface area contributed by atoms with Gasteiger partial charge in [0.25, 0.3) is 0 Å². The van der Waals surface area contributed by atoms with Crippen LogP contribution in [0, 0.1) is 5.41 Å². The van der Waals surface area contributed by atoms with E-state index in [0.29, 0.717) is 0 Å². The fraction of sp³-hybridized carbons (Fsp3) is 1.00. The molecule has 18 heavy (non-hydrogen) atoms. The number of aliphatic hydroxyl groups excluding tert-OH is 1. The van der Waals surface area contributed by atoms with Crippen molar-refractivity contribution in [2.24, 2.45) is 5.41 Å². The third-order valence-electron chi connectivity index (χ3n) is 3.59. The zero-order chi connectivity index (χ0) is 14.4. The van der Waals surface area contributed by atoms with Gasteiger partial charge in [-0.3, -0.25) is 0 Å². The van der Waals surface area contributed by atoms with E-state index in [1.807, 2.05) is 0 Å². The summed E-state index contributed by atoms with van der Waals surface area (Å²) in [4.78, 5) is 0. The Balaban J connectivity index is 2.82. The molecule has 108 valence electrons. The van der Waals surface area contributed by atoms with Gasteiger partial charge in [0.15, 0.2) is 0 Å². The van der Waals surface area contributed by atoms with Crippen LogP contribution < -0.4 is 0 Å². The first-order chi connectivity index (χ1) is 7.93. The van der Waals surface area contributed by atoms with Crippen molar-refractivity contribution in [1.82, 2.24) is 0 Å². The fourth-order valence-electron chi connectivity index (χ4n) is 1.97. The largest absolute Gasteiger partial charge is 0.423 e. The van der Waals surface area contributed by atoms with Crippen molar-refractivity contribution >= 4 is 0 Å². The summed E-state index contributed by atoms with van der Waals surface area (Å²) in [5, 5.41) is 9.41. The molecule has 1 fully saturated rings. The summed E-state index contributed by atoms with van der Waals surface area (Å²) in [5.41, 5.74) is -1.06. The van der Waals surface area contributed by atoms with E-state index in [9.17, 15) is 31.4 Å². The number of rotatable bonds is 3. The third-order valence-corrected chi connectivity index (χ3v) is 3.59. The molecule has 0 aromatic rings. The van der Waals surface area contributed by atoms with Crippen LogP contribution in [0.15, 0.2) is 0 Å². The minimum absolute atomic E-state index is 0.215. The molecule has 1 saturated carbocycles. The van der Waals surface area contributed by atoms with Crippen molar-refractivity contribution in [3.05, 3.63) is 0 Å².